The van der Waals surface area contributed by atoms with Crippen LogP contribution in [0.3, 0.4) is 0 Å². The second kappa shape index (κ2) is 9.36. The van der Waals surface area contributed by atoms with Gasteiger partial charge in [0.05, 0.1) is 17.5 Å². The SMILES string of the molecule is CN(C)c1ncc(C(=O)NCCN2CCCCC2)c(C2CCN(S(C)(=O)=O)C2)n1. The van der Waals surface area contributed by atoms with Gasteiger partial charge in [0.2, 0.25) is 16.0 Å². The predicted molar refractivity (Wildman–Crippen MR) is 113 cm³/mol. The molecule has 2 fully saturated rings. The van der Waals surface area contributed by atoms with Crippen LogP contribution in [0.2, 0.25) is 0 Å². The molecule has 1 amide bonds. The van der Waals surface area contributed by atoms with Crippen LogP contribution in [-0.2, 0) is 10.0 Å². The maximum absolute atomic E-state index is 12.9. The van der Waals surface area contributed by atoms with Gasteiger partial charge in [-0.2, -0.15) is 0 Å². The predicted octanol–water partition coefficient (Wildman–Crippen LogP) is 0.507. The summed E-state index contributed by atoms with van der Waals surface area (Å²) < 4.78 is 25.2. The van der Waals surface area contributed by atoms with E-state index in [1.165, 1.54) is 29.8 Å². The molecule has 0 bridgehead atoms. The maximum atomic E-state index is 12.9. The lowest BCUT2D eigenvalue weighted by Crippen LogP contribution is -2.38. The van der Waals surface area contributed by atoms with Gasteiger partial charge in [0.15, 0.2) is 0 Å². The molecule has 2 aliphatic rings. The van der Waals surface area contributed by atoms with Crippen LogP contribution in [0.1, 0.15) is 47.7 Å². The quantitative estimate of drug-likeness (QED) is 0.681. The zero-order chi connectivity index (χ0) is 21.0. The van der Waals surface area contributed by atoms with Gasteiger partial charge < -0.3 is 15.1 Å². The Bertz CT molecular complexity index is 823. The highest BCUT2D eigenvalue weighted by Gasteiger charge is 2.33. The highest BCUT2D eigenvalue weighted by molar-refractivity contribution is 7.88. The summed E-state index contributed by atoms with van der Waals surface area (Å²) in [6.07, 6.45) is 7.15. The highest BCUT2D eigenvalue weighted by Crippen LogP contribution is 2.30. The molecule has 1 aromatic rings. The van der Waals surface area contributed by atoms with Gasteiger partial charge in [-0.3, -0.25) is 4.79 Å². The minimum Gasteiger partial charge on any atom is -0.351 e. The molecule has 3 heterocycles. The number of piperidine rings is 1. The first kappa shape index (κ1) is 21.9. The highest BCUT2D eigenvalue weighted by atomic mass is 32.2. The Balaban J connectivity index is 1.72. The van der Waals surface area contributed by atoms with E-state index in [4.69, 9.17) is 0 Å². The third-order valence-corrected chi connectivity index (χ3v) is 6.89. The molecule has 2 saturated heterocycles. The average Bonchev–Trinajstić information content (AvgIpc) is 3.19. The number of sulfonamides is 1. The number of aromatic nitrogens is 2. The van der Waals surface area contributed by atoms with Gasteiger partial charge in [0.1, 0.15) is 0 Å². The first-order valence-corrected chi connectivity index (χ1v) is 12.1. The molecule has 0 saturated carbocycles. The van der Waals surface area contributed by atoms with Crippen molar-refractivity contribution in [3.63, 3.8) is 0 Å². The maximum Gasteiger partial charge on any atom is 0.254 e. The van der Waals surface area contributed by atoms with E-state index in [0.717, 1.165) is 19.6 Å². The van der Waals surface area contributed by atoms with Crippen LogP contribution in [0, 0.1) is 0 Å². The Labute approximate surface area is 173 Å². The number of carbonyl (C=O) groups excluding carboxylic acids is 1. The second-order valence-electron chi connectivity index (χ2n) is 8.13. The lowest BCUT2D eigenvalue weighted by Gasteiger charge is -2.26. The Morgan fingerprint density at radius 3 is 2.59 bits per heavy atom. The number of rotatable bonds is 7. The standard InChI is InChI=1S/C19H32N6O3S/c1-23(2)19-21-13-16(18(26)20-8-12-24-9-5-4-6-10-24)17(22-19)15-7-11-25(14-15)29(3,27)28/h13,15H,4-12,14H2,1-3H3,(H,20,26). The normalized spacial score (nSPS) is 21.3. The molecule has 0 spiro atoms. The molecule has 1 N–H and O–H groups in total. The average molecular weight is 425 g/mol. The van der Waals surface area contributed by atoms with Crippen molar-refractivity contribution in [2.24, 2.45) is 0 Å². The van der Waals surface area contributed by atoms with E-state index in [9.17, 15) is 13.2 Å². The summed E-state index contributed by atoms with van der Waals surface area (Å²) in [4.78, 5) is 25.9. The molecule has 10 heteroatoms. The summed E-state index contributed by atoms with van der Waals surface area (Å²) >= 11 is 0. The topological polar surface area (TPSA) is 98.7 Å². The van der Waals surface area contributed by atoms with Crippen LogP contribution in [-0.4, -0.2) is 93.1 Å². The fourth-order valence-corrected chi connectivity index (χ4v) is 4.83. The lowest BCUT2D eigenvalue weighted by molar-refractivity contribution is 0.0944. The van der Waals surface area contributed by atoms with Crippen molar-refractivity contribution in [3.05, 3.63) is 17.5 Å². The molecule has 3 rings (SSSR count). The van der Waals surface area contributed by atoms with Crippen molar-refractivity contribution < 1.29 is 13.2 Å². The van der Waals surface area contributed by atoms with Crippen LogP contribution in [0.5, 0.6) is 0 Å². The molecule has 1 aromatic heterocycles. The molecule has 29 heavy (non-hydrogen) atoms. The molecule has 162 valence electrons. The monoisotopic (exact) mass is 424 g/mol. The molecule has 0 aliphatic carbocycles. The van der Waals surface area contributed by atoms with E-state index in [-0.39, 0.29) is 11.8 Å². The number of carbonyl (C=O) groups is 1. The molecular formula is C19H32N6O3S. The van der Waals surface area contributed by atoms with E-state index in [1.54, 1.807) is 11.1 Å². The third-order valence-electron chi connectivity index (χ3n) is 5.62. The summed E-state index contributed by atoms with van der Waals surface area (Å²) in [6.45, 7) is 4.38. The fraction of sp³-hybridized carbons (Fsp3) is 0.737. The molecule has 0 aromatic carbocycles. The summed E-state index contributed by atoms with van der Waals surface area (Å²) in [7, 11) is 0.428. The van der Waals surface area contributed by atoms with E-state index in [1.807, 2.05) is 14.1 Å². The number of hydrogen-bond acceptors (Lipinski definition) is 7. The van der Waals surface area contributed by atoms with Crippen LogP contribution < -0.4 is 10.2 Å². The van der Waals surface area contributed by atoms with E-state index in [2.05, 4.69) is 20.2 Å². The van der Waals surface area contributed by atoms with Crippen molar-refractivity contribution in [2.75, 3.05) is 64.5 Å². The number of amides is 1. The molecular weight excluding hydrogens is 392 g/mol. The summed E-state index contributed by atoms with van der Waals surface area (Å²) in [5.74, 6) is 0.206. The Morgan fingerprint density at radius 1 is 1.24 bits per heavy atom. The van der Waals surface area contributed by atoms with Crippen molar-refractivity contribution in [1.29, 1.82) is 0 Å². The van der Waals surface area contributed by atoms with E-state index < -0.39 is 10.0 Å². The fourth-order valence-electron chi connectivity index (χ4n) is 3.95. The summed E-state index contributed by atoms with van der Waals surface area (Å²) in [5, 5.41) is 2.99. The zero-order valence-electron chi connectivity index (χ0n) is 17.6. The number of nitrogens with one attached hydrogen (secondary N) is 1. The Hall–Kier alpha value is -1.78. The van der Waals surface area contributed by atoms with E-state index in [0.29, 0.717) is 43.3 Å². The molecule has 2 aliphatic heterocycles. The minimum absolute atomic E-state index is 0.116. The van der Waals surface area contributed by atoms with Gasteiger partial charge in [-0.15, -0.1) is 0 Å². The van der Waals surface area contributed by atoms with E-state index >= 15 is 0 Å². The van der Waals surface area contributed by atoms with Gasteiger partial charge in [-0.1, -0.05) is 6.42 Å². The first-order valence-electron chi connectivity index (χ1n) is 10.3. The molecule has 1 atom stereocenters. The number of anilines is 1. The number of nitrogens with zero attached hydrogens (tertiary/aromatic N) is 5. The minimum atomic E-state index is -3.26. The van der Waals surface area contributed by atoms with Gasteiger partial charge >= 0.3 is 0 Å². The van der Waals surface area contributed by atoms with Crippen molar-refractivity contribution in [1.82, 2.24) is 24.5 Å². The van der Waals surface area contributed by atoms with Gasteiger partial charge in [-0.25, -0.2) is 22.7 Å². The van der Waals surface area contributed by atoms with Crippen LogP contribution in [0.15, 0.2) is 6.20 Å². The van der Waals surface area contributed by atoms with Crippen molar-refractivity contribution >= 4 is 21.9 Å². The van der Waals surface area contributed by atoms with Crippen LogP contribution in [0.25, 0.3) is 0 Å². The second-order valence-corrected chi connectivity index (χ2v) is 10.1. The first-order chi connectivity index (χ1) is 13.8. The Morgan fingerprint density at radius 2 is 1.97 bits per heavy atom. The van der Waals surface area contributed by atoms with Crippen LogP contribution in [0.4, 0.5) is 5.95 Å². The summed E-state index contributed by atoms with van der Waals surface area (Å²) in [5.41, 5.74) is 1.07. The van der Waals surface area contributed by atoms with Gasteiger partial charge in [-0.05, 0) is 32.4 Å². The number of likely N-dealkylation sites (tertiary alicyclic amines) is 1. The van der Waals surface area contributed by atoms with Gasteiger partial charge in [0, 0.05) is 52.4 Å². The lowest BCUT2D eigenvalue weighted by atomic mass is 10.00. The molecule has 1 unspecified atom stereocenters. The Kier molecular flexibility index (Phi) is 7.07. The van der Waals surface area contributed by atoms with Crippen molar-refractivity contribution in [3.8, 4) is 0 Å². The zero-order valence-corrected chi connectivity index (χ0v) is 18.4. The smallest absolute Gasteiger partial charge is 0.254 e. The third kappa shape index (κ3) is 5.64. The van der Waals surface area contributed by atoms with Gasteiger partial charge in [0.25, 0.3) is 5.91 Å². The number of hydrogen-bond donors (Lipinski definition) is 1. The molecule has 9 nitrogen and oxygen atoms in total. The largest absolute Gasteiger partial charge is 0.351 e. The summed E-state index contributed by atoms with van der Waals surface area (Å²) in [6, 6.07) is 0. The van der Waals surface area contributed by atoms with Crippen molar-refractivity contribution in [2.45, 2.75) is 31.6 Å². The van der Waals surface area contributed by atoms with Crippen LogP contribution >= 0.6 is 0 Å². The molecule has 0 radical (unpaired) electrons.